The number of piperidine rings is 1. The molecule has 35 heavy (non-hydrogen) atoms. The topological polar surface area (TPSA) is 110 Å². The van der Waals surface area contributed by atoms with Gasteiger partial charge in [-0.1, -0.05) is 0 Å². The number of carbonyl (C=O) groups is 1. The first-order valence-corrected chi connectivity index (χ1v) is 12.6. The van der Waals surface area contributed by atoms with Crippen molar-refractivity contribution < 1.29 is 9.53 Å². The molecule has 3 aromatic rings. The van der Waals surface area contributed by atoms with Crippen LogP contribution < -0.4 is 15.8 Å². The Balaban J connectivity index is 1.35. The number of hydrogen-bond acceptors (Lipinski definition) is 7. The van der Waals surface area contributed by atoms with Crippen LogP contribution >= 0.6 is 11.6 Å². The molecule has 1 aliphatic heterocycles. The monoisotopic (exact) mass is 495 g/mol. The first-order valence-electron chi connectivity index (χ1n) is 12.1. The van der Waals surface area contributed by atoms with Crippen molar-refractivity contribution in [3.63, 3.8) is 0 Å². The van der Waals surface area contributed by atoms with Crippen LogP contribution in [0.3, 0.4) is 0 Å². The average molecular weight is 496 g/mol. The number of nitrogens with zero attached hydrogens (tertiary/aromatic N) is 5. The summed E-state index contributed by atoms with van der Waals surface area (Å²) in [5.74, 6) is 1.46. The quantitative estimate of drug-likeness (QED) is 0.267. The number of amides is 1. The Bertz CT molecular complexity index is 1220. The fraction of sp³-hybridized carbons (Fsp3) is 0.440. The second-order valence-electron chi connectivity index (χ2n) is 9.17. The molecule has 1 amide bonds. The highest BCUT2D eigenvalue weighted by Crippen LogP contribution is 2.34. The summed E-state index contributed by atoms with van der Waals surface area (Å²) < 4.78 is 7.61. The van der Waals surface area contributed by atoms with Gasteiger partial charge in [-0.05, 0) is 43.7 Å². The first kappa shape index (κ1) is 23.6. The number of ether oxygens (including phenoxy) is 1. The van der Waals surface area contributed by atoms with Crippen molar-refractivity contribution >= 4 is 40.7 Å². The van der Waals surface area contributed by atoms with Gasteiger partial charge in [-0.25, -0.2) is 9.50 Å². The summed E-state index contributed by atoms with van der Waals surface area (Å²) in [6.45, 7) is 3.51. The first-order chi connectivity index (χ1) is 17.1. The fourth-order valence-electron chi connectivity index (χ4n) is 4.21. The maximum Gasteiger partial charge on any atom is 0.261 e. The molecule has 9 nitrogen and oxygen atoms in total. The molecule has 3 heterocycles. The number of aliphatic imine (C=N–C) groups is 1. The van der Waals surface area contributed by atoms with E-state index in [1.54, 1.807) is 29.0 Å². The number of rotatable bonds is 9. The number of alkyl halides is 1. The Morgan fingerprint density at radius 3 is 2.89 bits per heavy atom. The molecule has 5 rings (SSSR count). The normalized spacial score (nSPS) is 17.3. The van der Waals surface area contributed by atoms with Crippen LogP contribution in [0.5, 0.6) is 5.75 Å². The largest absolute Gasteiger partial charge is 0.491 e. The highest BCUT2D eigenvalue weighted by atomic mass is 35.5. The van der Waals surface area contributed by atoms with Crippen molar-refractivity contribution in [3.05, 3.63) is 47.9 Å². The van der Waals surface area contributed by atoms with Gasteiger partial charge >= 0.3 is 0 Å². The zero-order valence-corrected chi connectivity index (χ0v) is 20.3. The van der Waals surface area contributed by atoms with Crippen LogP contribution in [0.25, 0.3) is 5.65 Å². The number of nitrogens with one attached hydrogen (secondary N) is 1. The van der Waals surface area contributed by atoms with Crippen LogP contribution in [-0.2, 0) is 0 Å². The molecule has 2 fully saturated rings. The van der Waals surface area contributed by atoms with Gasteiger partial charge in [0.15, 0.2) is 5.65 Å². The van der Waals surface area contributed by atoms with Gasteiger partial charge in [-0.15, -0.1) is 11.6 Å². The Kier molecular flexibility index (Phi) is 7.15. The molecule has 3 N–H and O–H groups in total. The third-order valence-electron chi connectivity index (χ3n) is 6.51. The molecule has 0 atom stereocenters. The van der Waals surface area contributed by atoms with E-state index in [2.05, 4.69) is 20.3 Å². The van der Waals surface area contributed by atoms with E-state index in [0.29, 0.717) is 46.7 Å². The molecule has 1 aliphatic carbocycles. The van der Waals surface area contributed by atoms with Crippen LogP contribution in [0, 0.1) is 5.92 Å². The highest BCUT2D eigenvalue weighted by Gasteiger charge is 2.24. The standard InChI is InChI=1S/C25H30ClN7O2/c26-6-11-32-9-4-19(5-10-32)29-14-18-12-22(23(13-21(18)27)35-16-17-2-3-17)31-25(34)20-15-30-33-8-1-7-28-24(20)33/h1,7-8,12-15,17,19H,2-6,9-11,16,27H2,(H,31,34). The number of anilines is 2. The number of likely N-dealkylation sites (tertiary alicyclic amines) is 1. The summed E-state index contributed by atoms with van der Waals surface area (Å²) in [5.41, 5.74) is 9.10. The van der Waals surface area contributed by atoms with E-state index in [9.17, 15) is 4.79 Å². The Morgan fingerprint density at radius 1 is 1.29 bits per heavy atom. The van der Waals surface area contributed by atoms with Crippen molar-refractivity contribution in [1.82, 2.24) is 19.5 Å². The summed E-state index contributed by atoms with van der Waals surface area (Å²) in [6, 6.07) is 5.62. The predicted octanol–water partition coefficient (Wildman–Crippen LogP) is 3.47. The summed E-state index contributed by atoms with van der Waals surface area (Å²) in [7, 11) is 0. The zero-order chi connectivity index (χ0) is 24.2. The molecular weight excluding hydrogens is 466 g/mol. The molecule has 0 radical (unpaired) electrons. The third-order valence-corrected chi connectivity index (χ3v) is 6.68. The lowest BCUT2D eigenvalue weighted by atomic mass is 10.1. The molecule has 0 bridgehead atoms. The molecular formula is C25H30ClN7O2. The minimum Gasteiger partial charge on any atom is -0.491 e. The maximum atomic E-state index is 13.1. The lowest BCUT2D eigenvalue weighted by molar-refractivity contribution is 0.102. The van der Waals surface area contributed by atoms with Crippen molar-refractivity contribution in [2.75, 3.05) is 43.2 Å². The average Bonchev–Trinajstić information content (AvgIpc) is 3.60. The second-order valence-corrected chi connectivity index (χ2v) is 9.55. The van der Waals surface area contributed by atoms with E-state index in [0.717, 1.165) is 38.0 Å². The number of hydrogen-bond donors (Lipinski definition) is 2. The zero-order valence-electron chi connectivity index (χ0n) is 19.6. The maximum absolute atomic E-state index is 13.1. The Labute approximate surface area is 209 Å². The minimum absolute atomic E-state index is 0.245. The lowest BCUT2D eigenvalue weighted by Gasteiger charge is -2.29. The van der Waals surface area contributed by atoms with Crippen LogP contribution in [0.15, 0.2) is 41.8 Å². The van der Waals surface area contributed by atoms with Crippen LogP contribution in [0.2, 0.25) is 0 Å². The molecule has 2 aliphatic rings. The molecule has 0 spiro atoms. The Morgan fingerprint density at radius 2 is 2.11 bits per heavy atom. The molecule has 2 aromatic heterocycles. The van der Waals surface area contributed by atoms with Gasteiger partial charge in [0.2, 0.25) is 0 Å². The van der Waals surface area contributed by atoms with Gasteiger partial charge in [-0.3, -0.25) is 9.79 Å². The van der Waals surface area contributed by atoms with Gasteiger partial charge in [0, 0.05) is 61.4 Å². The number of fused-ring (bicyclic) bond motifs is 1. The van der Waals surface area contributed by atoms with Crippen molar-refractivity contribution in [1.29, 1.82) is 0 Å². The van der Waals surface area contributed by atoms with Crippen molar-refractivity contribution in [2.24, 2.45) is 10.9 Å². The lowest BCUT2D eigenvalue weighted by Crippen LogP contribution is -2.36. The van der Waals surface area contributed by atoms with Crippen molar-refractivity contribution in [3.8, 4) is 5.75 Å². The molecule has 1 aromatic carbocycles. The summed E-state index contributed by atoms with van der Waals surface area (Å²) in [4.78, 5) is 24.6. The number of nitrogen functional groups attached to an aromatic ring is 1. The molecule has 1 saturated carbocycles. The second kappa shape index (κ2) is 10.6. The summed E-state index contributed by atoms with van der Waals surface area (Å²) >= 11 is 5.86. The molecule has 0 unspecified atom stereocenters. The van der Waals surface area contributed by atoms with E-state index >= 15 is 0 Å². The number of nitrogens with two attached hydrogens (primary N) is 1. The summed E-state index contributed by atoms with van der Waals surface area (Å²) in [6.07, 6.45) is 11.0. The van der Waals surface area contributed by atoms with Gasteiger partial charge in [-0.2, -0.15) is 5.10 Å². The molecule has 1 saturated heterocycles. The van der Waals surface area contributed by atoms with E-state index in [1.165, 1.54) is 19.0 Å². The van der Waals surface area contributed by atoms with Gasteiger partial charge in [0.05, 0.1) is 24.5 Å². The highest BCUT2D eigenvalue weighted by molar-refractivity contribution is 6.18. The molecule has 184 valence electrons. The smallest absolute Gasteiger partial charge is 0.261 e. The number of benzene rings is 1. The Hall–Kier alpha value is -3.17. The van der Waals surface area contributed by atoms with Crippen molar-refractivity contribution in [2.45, 2.75) is 31.7 Å². The van der Waals surface area contributed by atoms with Gasteiger partial charge in [0.1, 0.15) is 11.3 Å². The van der Waals surface area contributed by atoms with Crippen LogP contribution in [0.4, 0.5) is 11.4 Å². The van der Waals surface area contributed by atoms with E-state index < -0.39 is 0 Å². The van der Waals surface area contributed by atoms with Gasteiger partial charge < -0.3 is 20.7 Å². The van der Waals surface area contributed by atoms with E-state index in [-0.39, 0.29) is 11.9 Å². The number of carbonyl (C=O) groups excluding carboxylic acids is 1. The third kappa shape index (κ3) is 5.74. The SMILES string of the molecule is Nc1cc(OCC2CC2)c(NC(=O)c2cnn3cccnc23)cc1C=NC1CCN(CCCl)CC1. The molecule has 10 heteroatoms. The van der Waals surface area contributed by atoms with Crippen LogP contribution in [-0.4, -0.2) is 69.8 Å². The van der Waals surface area contributed by atoms with Crippen LogP contribution in [0.1, 0.15) is 41.6 Å². The van der Waals surface area contributed by atoms with Gasteiger partial charge in [0.25, 0.3) is 5.91 Å². The predicted molar refractivity (Wildman–Crippen MR) is 138 cm³/mol. The number of aromatic nitrogens is 3. The summed E-state index contributed by atoms with van der Waals surface area (Å²) in [5, 5.41) is 7.19. The fourth-order valence-corrected chi connectivity index (χ4v) is 4.45. The van der Waals surface area contributed by atoms with E-state index in [4.69, 9.17) is 27.1 Å². The number of halogens is 1. The van der Waals surface area contributed by atoms with E-state index in [1.807, 2.05) is 12.3 Å². The minimum atomic E-state index is -0.311.